The summed E-state index contributed by atoms with van der Waals surface area (Å²) in [4.78, 5) is 27.3. The summed E-state index contributed by atoms with van der Waals surface area (Å²) in [6.07, 6.45) is 2.07. The van der Waals surface area contributed by atoms with Gasteiger partial charge in [-0.25, -0.2) is 9.59 Å². The molecule has 3 aliphatic rings. The third-order valence-corrected chi connectivity index (χ3v) is 6.66. The van der Waals surface area contributed by atoms with Gasteiger partial charge in [-0.15, -0.1) is 0 Å². The zero-order chi connectivity index (χ0) is 19.8. The topological polar surface area (TPSA) is 89.0 Å². The van der Waals surface area contributed by atoms with Gasteiger partial charge in [-0.3, -0.25) is 4.90 Å². The Kier molecular flexibility index (Phi) is 3.49. The van der Waals surface area contributed by atoms with Crippen LogP contribution in [0.15, 0.2) is 24.0 Å². The molecule has 0 amide bonds. The van der Waals surface area contributed by atoms with E-state index in [0.29, 0.717) is 18.6 Å². The molecule has 1 N–H and O–H groups in total. The van der Waals surface area contributed by atoms with Crippen molar-refractivity contribution in [2.45, 2.75) is 57.3 Å². The Bertz CT molecular complexity index is 1070. The lowest BCUT2D eigenvalue weighted by atomic mass is 9.89. The largest absolute Gasteiger partial charge is 0.508 e. The highest BCUT2D eigenvalue weighted by Gasteiger charge is 2.63. The van der Waals surface area contributed by atoms with Crippen LogP contribution in [-0.2, 0) is 19.1 Å². The Balaban J connectivity index is 1.77. The van der Waals surface area contributed by atoms with Gasteiger partial charge in [0.1, 0.15) is 5.75 Å². The average molecular weight is 400 g/mol. The van der Waals surface area contributed by atoms with Crippen molar-refractivity contribution in [2.75, 3.05) is 0 Å². The molecule has 2 atom stereocenters. The summed E-state index contributed by atoms with van der Waals surface area (Å²) in [7, 11) is 0. The van der Waals surface area contributed by atoms with Crippen LogP contribution in [0.3, 0.4) is 0 Å². The fraction of sp³-hybridized carbons (Fsp3) is 0.450. The van der Waals surface area contributed by atoms with Crippen molar-refractivity contribution in [1.29, 1.82) is 0 Å². The zero-order valence-corrected chi connectivity index (χ0v) is 16.6. The average Bonchev–Trinajstić information content (AvgIpc) is 3.14. The first-order valence-electron chi connectivity index (χ1n) is 9.28. The number of aromatic hydroxyl groups is 1. The van der Waals surface area contributed by atoms with E-state index in [1.807, 2.05) is 0 Å². The summed E-state index contributed by atoms with van der Waals surface area (Å²) in [5.74, 6) is -1.40. The Morgan fingerprint density at radius 3 is 2.82 bits per heavy atom. The molecule has 2 aromatic rings. The number of carbonyl (C=O) groups excluding carboxylic acids is 2. The monoisotopic (exact) mass is 400 g/mol. The van der Waals surface area contributed by atoms with Gasteiger partial charge >= 0.3 is 11.9 Å². The first kappa shape index (κ1) is 17.6. The molecule has 2 bridgehead atoms. The van der Waals surface area contributed by atoms with E-state index >= 15 is 0 Å². The summed E-state index contributed by atoms with van der Waals surface area (Å²) >= 11 is 1.30. The van der Waals surface area contributed by atoms with Crippen LogP contribution in [-0.4, -0.2) is 43.6 Å². The predicted molar refractivity (Wildman–Crippen MR) is 102 cm³/mol. The van der Waals surface area contributed by atoms with Crippen LogP contribution in [0.1, 0.15) is 44.9 Å². The summed E-state index contributed by atoms with van der Waals surface area (Å²) in [6, 6.07) is 5.18. The van der Waals surface area contributed by atoms with Gasteiger partial charge in [0.25, 0.3) is 0 Å². The van der Waals surface area contributed by atoms with Gasteiger partial charge in [-0.2, -0.15) is 4.37 Å². The molecule has 2 saturated heterocycles. The molecule has 2 fully saturated rings. The first-order chi connectivity index (χ1) is 13.2. The minimum atomic E-state index is -1.07. The van der Waals surface area contributed by atoms with Crippen molar-refractivity contribution in [2.24, 2.45) is 0 Å². The molecule has 0 aliphatic carbocycles. The third-order valence-electron chi connectivity index (χ3n) is 5.72. The van der Waals surface area contributed by atoms with Crippen molar-refractivity contribution in [1.82, 2.24) is 9.27 Å². The van der Waals surface area contributed by atoms with E-state index in [1.165, 1.54) is 11.5 Å². The molecule has 0 radical (unpaired) electrons. The molecule has 3 aliphatic heterocycles. The number of phenols is 1. The van der Waals surface area contributed by atoms with Crippen LogP contribution in [0.4, 0.5) is 0 Å². The van der Waals surface area contributed by atoms with Gasteiger partial charge < -0.3 is 14.6 Å². The lowest BCUT2D eigenvalue weighted by Crippen LogP contribution is -2.64. The number of carbonyl (C=O) groups is 2. The van der Waals surface area contributed by atoms with Crippen molar-refractivity contribution in [3.63, 3.8) is 0 Å². The summed E-state index contributed by atoms with van der Waals surface area (Å²) in [5.41, 5.74) is 0.247. The van der Waals surface area contributed by atoms with Crippen LogP contribution in [0.25, 0.3) is 16.5 Å². The molecule has 4 heterocycles. The second-order valence-electron chi connectivity index (χ2n) is 8.52. The first-order valence-corrected chi connectivity index (χ1v) is 10.0. The van der Waals surface area contributed by atoms with Gasteiger partial charge in [0.15, 0.2) is 5.76 Å². The van der Waals surface area contributed by atoms with Crippen LogP contribution in [0.5, 0.6) is 5.75 Å². The van der Waals surface area contributed by atoms with Crippen LogP contribution < -0.4 is 0 Å². The fourth-order valence-electron chi connectivity index (χ4n) is 4.94. The number of phenolic OH excluding ortho intramolecular Hbond substituents is 1. The molecule has 5 rings (SSSR count). The number of rotatable bonds is 1. The number of ether oxygens (including phenoxy) is 2. The molecule has 7 nitrogen and oxygen atoms in total. The smallest absolute Gasteiger partial charge is 0.422 e. The van der Waals surface area contributed by atoms with Crippen molar-refractivity contribution >= 4 is 39.9 Å². The van der Waals surface area contributed by atoms with E-state index in [2.05, 4.69) is 30.0 Å². The van der Waals surface area contributed by atoms with Crippen molar-refractivity contribution in [3.05, 3.63) is 28.8 Å². The molecule has 8 heteroatoms. The molecule has 2 unspecified atom stereocenters. The molecule has 0 saturated carbocycles. The Morgan fingerprint density at radius 2 is 2.07 bits per heavy atom. The minimum Gasteiger partial charge on any atom is -0.508 e. The normalized spacial score (nSPS) is 27.8. The number of esters is 2. The maximum atomic E-state index is 12.2. The van der Waals surface area contributed by atoms with E-state index in [4.69, 9.17) is 9.47 Å². The summed E-state index contributed by atoms with van der Waals surface area (Å²) in [6.45, 7) is 6.21. The van der Waals surface area contributed by atoms with Gasteiger partial charge in [0.05, 0.1) is 10.4 Å². The number of benzene rings is 1. The van der Waals surface area contributed by atoms with Crippen molar-refractivity contribution < 1.29 is 24.2 Å². The van der Waals surface area contributed by atoms with Crippen LogP contribution in [0.2, 0.25) is 0 Å². The molecule has 1 aromatic carbocycles. The number of aromatic nitrogens is 1. The second kappa shape index (κ2) is 5.55. The lowest BCUT2D eigenvalue weighted by Gasteiger charge is -2.52. The molecular weight excluding hydrogens is 380 g/mol. The van der Waals surface area contributed by atoms with E-state index in [-0.39, 0.29) is 17.3 Å². The van der Waals surface area contributed by atoms with Gasteiger partial charge in [0.2, 0.25) is 5.72 Å². The molecular formula is C20H20N2O5S. The molecule has 146 valence electrons. The Hall–Kier alpha value is -2.45. The van der Waals surface area contributed by atoms with E-state index < -0.39 is 17.7 Å². The Morgan fingerprint density at radius 1 is 1.29 bits per heavy atom. The lowest BCUT2D eigenvalue weighted by molar-refractivity contribution is -0.216. The van der Waals surface area contributed by atoms with Crippen molar-refractivity contribution in [3.8, 4) is 5.75 Å². The minimum absolute atomic E-state index is 0.149. The van der Waals surface area contributed by atoms with Gasteiger partial charge in [-0.1, -0.05) is 0 Å². The van der Waals surface area contributed by atoms with Crippen LogP contribution in [0, 0.1) is 0 Å². The predicted octanol–water partition coefficient (Wildman–Crippen LogP) is 3.18. The molecule has 1 spiro atoms. The second-order valence-corrected chi connectivity index (χ2v) is 9.30. The highest BCUT2D eigenvalue weighted by Crippen LogP contribution is 2.56. The Labute approximate surface area is 165 Å². The maximum absolute atomic E-state index is 12.2. The van der Waals surface area contributed by atoms with Crippen LogP contribution >= 0.6 is 11.5 Å². The SMILES string of the molecule is CC(C)(C)N1C2CCC13OC(=O)C(=O)OC3=C(c1snc3ccc(O)cc13)C2. The van der Waals surface area contributed by atoms with E-state index in [0.717, 1.165) is 27.8 Å². The van der Waals surface area contributed by atoms with E-state index in [9.17, 15) is 14.7 Å². The fourth-order valence-corrected chi connectivity index (χ4v) is 5.83. The summed E-state index contributed by atoms with van der Waals surface area (Å²) < 4.78 is 15.9. The van der Waals surface area contributed by atoms with Gasteiger partial charge in [-0.05, 0) is 63.3 Å². The highest BCUT2D eigenvalue weighted by atomic mass is 32.1. The number of hydrogen-bond donors (Lipinski definition) is 1. The quantitative estimate of drug-likeness (QED) is 0.581. The molecule has 28 heavy (non-hydrogen) atoms. The maximum Gasteiger partial charge on any atom is 0.422 e. The number of hydrogen-bond acceptors (Lipinski definition) is 8. The highest BCUT2D eigenvalue weighted by molar-refractivity contribution is 7.08. The zero-order valence-electron chi connectivity index (χ0n) is 15.8. The van der Waals surface area contributed by atoms with Gasteiger partial charge in [0, 0.05) is 29.0 Å². The molecule has 1 aromatic heterocycles. The standard InChI is InChI=1S/C20H20N2O5S/c1-19(2,3)22-10-6-7-20(22)16(26-17(24)18(25)27-20)13(8-10)15-12-9-11(23)4-5-14(12)21-28-15/h4-5,9-10,23H,6-8H2,1-3H3. The summed E-state index contributed by atoms with van der Waals surface area (Å²) in [5, 5.41) is 10.7. The number of fused-ring (bicyclic) bond motifs is 2. The number of nitrogens with zero attached hydrogens (tertiary/aromatic N) is 2. The third kappa shape index (κ3) is 2.28. The van der Waals surface area contributed by atoms with E-state index in [1.54, 1.807) is 18.2 Å².